The van der Waals surface area contributed by atoms with Gasteiger partial charge in [-0.3, -0.25) is 4.79 Å². The van der Waals surface area contributed by atoms with E-state index in [9.17, 15) is 18.0 Å². The zero-order valence-corrected chi connectivity index (χ0v) is 13.1. The Labute approximate surface area is 137 Å². The molecule has 0 radical (unpaired) electrons. The summed E-state index contributed by atoms with van der Waals surface area (Å²) in [4.78, 5) is 15.8. The van der Waals surface area contributed by atoms with Gasteiger partial charge in [0.2, 0.25) is 0 Å². The van der Waals surface area contributed by atoms with Crippen molar-refractivity contribution in [2.75, 3.05) is 6.54 Å². The number of nitrogens with one attached hydrogen (secondary N) is 1. The molecule has 1 heterocycles. The number of carbonyl (C=O) groups excluding carboxylic acids is 1. The van der Waals surface area contributed by atoms with Crippen LogP contribution in [0.2, 0.25) is 0 Å². The maximum Gasteiger partial charge on any atom is 0.419 e. The highest BCUT2D eigenvalue weighted by Gasteiger charge is 2.34. The molecule has 0 unspecified atom stereocenters. The molecule has 24 heavy (non-hydrogen) atoms. The fraction of sp³-hybridized carbons (Fsp3) is 0.375. The van der Waals surface area contributed by atoms with Crippen LogP contribution in [0.25, 0.3) is 0 Å². The lowest BCUT2D eigenvalue weighted by Gasteiger charge is -2.18. The number of imidazole rings is 1. The number of carbonyl (C=O) groups is 1. The lowest BCUT2D eigenvalue weighted by molar-refractivity contribution is -0.140. The number of rotatable bonds is 7. The van der Waals surface area contributed by atoms with Crippen molar-refractivity contribution in [2.24, 2.45) is 0 Å². The quantitative estimate of drug-likeness (QED) is 0.788. The molecule has 1 aromatic heterocycles. The Balaban J connectivity index is 1.83. The number of hydrogen-bond donors (Lipinski definition) is 1. The summed E-state index contributed by atoms with van der Waals surface area (Å²) in [5.41, 5.74) is -0.898. The molecular formula is C16H18F3N3O2. The first-order valence-electron chi connectivity index (χ1n) is 7.44. The molecule has 2 rings (SSSR count). The van der Waals surface area contributed by atoms with Gasteiger partial charge in [-0.15, -0.1) is 0 Å². The van der Waals surface area contributed by atoms with Gasteiger partial charge in [0.25, 0.3) is 5.91 Å². The first-order valence-corrected chi connectivity index (χ1v) is 7.44. The normalized spacial score (nSPS) is 12.7. The molecule has 0 bridgehead atoms. The first-order chi connectivity index (χ1) is 11.4. The van der Waals surface area contributed by atoms with Crippen LogP contribution in [0, 0.1) is 0 Å². The second kappa shape index (κ2) is 7.85. The van der Waals surface area contributed by atoms with Gasteiger partial charge in [-0.25, -0.2) is 4.98 Å². The fourth-order valence-corrected chi connectivity index (χ4v) is 2.08. The van der Waals surface area contributed by atoms with Crippen LogP contribution < -0.4 is 10.1 Å². The van der Waals surface area contributed by atoms with E-state index in [4.69, 9.17) is 4.74 Å². The predicted molar refractivity (Wildman–Crippen MR) is 81.4 cm³/mol. The van der Waals surface area contributed by atoms with Gasteiger partial charge in [-0.05, 0) is 25.5 Å². The second-order valence-electron chi connectivity index (χ2n) is 5.20. The fourth-order valence-electron chi connectivity index (χ4n) is 2.08. The Bertz CT molecular complexity index is 657. The summed E-state index contributed by atoms with van der Waals surface area (Å²) in [5.74, 6) is -0.816. The number of halogens is 3. The molecule has 0 saturated carbocycles. The highest BCUT2D eigenvalue weighted by Crippen LogP contribution is 2.36. The summed E-state index contributed by atoms with van der Waals surface area (Å²) in [7, 11) is 0. The van der Waals surface area contributed by atoms with Crippen LogP contribution in [0.3, 0.4) is 0 Å². The maximum absolute atomic E-state index is 12.9. The highest BCUT2D eigenvalue weighted by atomic mass is 19.4. The number of ether oxygens (including phenoxy) is 1. The van der Waals surface area contributed by atoms with Gasteiger partial charge in [0.15, 0.2) is 6.10 Å². The van der Waals surface area contributed by atoms with Gasteiger partial charge < -0.3 is 14.6 Å². The van der Waals surface area contributed by atoms with E-state index < -0.39 is 23.8 Å². The molecule has 0 aliphatic carbocycles. The zero-order valence-electron chi connectivity index (χ0n) is 13.1. The van der Waals surface area contributed by atoms with E-state index >= 15 is 0 Å². The number of amides is 1. The minimum Gasteiger partial charge on any atom is -0.480 e. The summed E-state index contributed by atoms with van der Waals surface area (Å²) in [6, 6.07) is 4.83. The Hall–Kier alpha value is -2.51. The summed E-state index contributed by atoms with van der Waals surface area (Å²) in [5, 5.41) is 2.64. The highest BCUT2D eigenvalue weighted by molar-refractivity contribution is 5.80. The summed E-state index contributed by atoms with van der Waals surface area (Å²) in [6.45, 7) is 2.50. The third-order valence-corrected chi connectivity index (χ3v) is 3.32. The van der Waals surface area contributed by atoms with Gasteiger partial charge in [-0.1, -0.05) is 12.1 Å². The SMILES string of the molecule is C[C@H](Oc1ccccc1C(F)(F)F)C(=O)NCCCn1ccnc1. The number of aryl methyl sites for hydroxylation is 1. The van der Waals surface area contributed by atoms with E-state index in [-0.39, 0.29) is 5.75 Å². The third-order valence-electron chi connectivity index (χ3n) is 3.32. The predicted octanol–water partition coefficient (Wildman–Crippen LogP) is 2.88. The average Bonchev–Trinajstić information content (AvgIpc) is 3.04. The van der Waals surface area contributed by atoms with Crippen molar-refractivity contribution in [1.29, 1.82) is 0 Å². The van der Waals surface area contributed by atoms with Crippen LogP contribution in [0.4, 0.5) is 13.2 Å². The van der Waals surface area contributed by atoms with Gasteiger partial charge in [0.1, 0.15) is 5.75 Å². The minimum atomic E-state index is -4.53. The minimum absolute atomic E-state index is 0.355. The Kier molecular flexibility index (Phi) is 5.83. The van der Waals surface area contributed by atoms with E-state index in [1.165, 1.54) is 25.1 Å². The van der Waals surface area contributed by atoms with Crippen molar-refractivity contribution in [3.05, 3.63) is 48.5 Å². The van der Waals surface area contributed by atoms with Gasteiger partial charge in [0.05, 0.1) is 11.9 Å². The van der Waals surface area contributed by atoms with Crippen LogP contribution in [-0.2, 0) is 17.5 Å². The molecule has 0 aliphatic heterocycles. The largest absolute Gasteiger partial charge is 0.480 e. The van der Waals surface area contributed by atoms with Gasteiger partial charge in [-0.2, -0.15) is 13.2 Å². The van der Waals surface area contributed by atoms with Crippen LogP contribution in [0.5, 0.6) is 5.75 Å². The summed E-state index contributed by atoms with van der Waals surface area (Å²) in [6.07, 6.45) is 0.253. The smallest absolute Gasteiger partial charge is 0.419 e. The van der Waals surface area contributed by atoms with Crippen molar-refractivity contribution < 1.29 is 22.7 Å². The molecule has 0 aliphatic rings. The van der Waals surface area contributed by atoms with E-state index in [2.05, 4.69) is 10.3 Å². The van der Waals surface area contributed by atoms with E-state index in [0.29, 0.717) is 19.5 Å². The lowest BCUT2D eigenvalue weighted by atomic mass is 10.2. The molecule has 1 aromatic carbocycles. The molecule has 1 N–H and O–H groups in total. The van der Waals surface area contributed by atoms with Crippen molar-refractivity contribution in [1.82, 2.24) is 14.9 Å². The molecule has 1 amide bonds. The van der Waals surface area contributed by atoms with Crippen LogP contribution in [0.1, 0.15) is 18.9 Å². The topological polar surface area (TPSA) is 56.1 Å². The molecule has 5 nitrogen and oxygen atoms in total. The summed E-state index contributed by atoms with van der Waals surface area (Å²) < 4.78 is 45.7. The van der Waals surface area contributed by atoms with E-state index in [1.54, 1.807) is 12.5 Å². The van der Waals surface area contributed by atoms with Crippen molar-refractivity contribution in [3.8, 4) is 5.75 Å². The van der Waals surface area contributed by atoms with E-state index in [1.807, 2.05) is 10.8 Å². The van der Waals surface area contributed by atoms with Gasteiger partial charge >= 0.3 is 6.18 Å². The molecule has 8 heteroatoms. The molecule has 130 valence electrons. The average molecular weight is 341 g/mol. The van der Waals surface area contributed by atoms with E-state index in [0.717, 1.165) is 6.07 Å². The first kappa shape index (κ1) is 17.8. The molecular weight excluding hydrogens is 323 g/mol. The number of aromatic nitrogens is 2. The molecule has 0 fully saturated rings. The number of alkyl halides is 3. The number of benzene rings is 1. The number of para-hydroxylation sites is 1. The zero-order chi connectivity index (χ0) is 17.6. The van der Waals surface area contributed by atoms with Crippen LogP contribution in [-0.4, -0.2) is 28.1 Å². The van der Waals surface area contributed by atoms with Crippen molar-refractivity contribution in [3.63, 3.8) is 0 Å². The van der Waals surface area contributed by atoms with Crippen molar-refractivity contribution in [2.45, 2.75) is 32.2 Å². The van der Waals surface area contributed by atoms with Crippen LogP contribution in [0.15, 0.2) is 43.0 Å². The molecule has 0 saturated heterocycles. The van der Waals surface area contributed by atoms with Crippen LogP contribution >= 0.6 is 0 Å². The number of hydrogen-bond acceptors (Lipinski definition) is 3. The van der Waals surface area contributed by atoms with Crippen molar-refractivity contribution >= 4 is 5.91 Å². The Morgan fingerprint density at radius 3 is 2.79 bits per heavy atom. The monoisotopic (exact) mass is 341 g/mol. The second-order valence-corrected chi connectivity index (χ2v) is 5.20. The lowest BCUT2D eigenvalue weighted by Crippen LogP contribution is -2.37. The third kappa shape index (κ3) is 5.00. The Morgan fingerprint density at radius 1 is 1.38 bits per heavy atom. The molecule has 0 spiro atoms. The molecule has 1 atom stereocenters. The standard InChI is InChI=1S/C16H18F3N3O2/c1-12(15(23)21-7-4-9-22-10-8-20-11-22)24-14-6-3-2-5-13(14)16(17,18)19/h2-3,5-6,8,10-12H,4,7,9H2,1H3,(H,21,23)/t12-/m0/s1. The molecule has 2 aromatic rings. The Morgan fingerprint density at radius 2 is 2.12 bits per heavy atom. The maximum atomic E-state index is 12.9. The van der Waals surface area contributed by atoms with Gasteiger partial charge in [0, 0.05) is 25.5 Å². The summed E-state index contributed by atoms with van der Waals surface area (Å²) >= 11 is 0. The number of nitrogens with zero attached hydrogens (tertiary/aromatic N) is 2.